The lowest BCUT2D eigenvalue weighted by atomic mass is 9.99. The van der Waals surface area contributed by atoms with Crippen molar-refractivity contribution in [3.05, 3.63) is 41.5 Å². The zero-order valence-corrected chi connectivity index (χ0v) is 14.2. The van der Waals surface area contributed by atoms with Crippen molar-refractivity contribution in [3.8, 4) is 5.75 Å². The average molecular weight is 290 g/mol. The fourth-order valence-electron chi connectivity index (χ4n) is 2.10. The molecule has 0 aliphatic heterocycles. The van der Waals surface area contributed by atoms with Crippen molar-refractivity contribution in [1.29, 1.82) is 0 Å². The molecule has 0 radical (unpaired) electrons. The van der Waals surface area contributed by atoms with E-state index in [-0.39, 0.29) is 5.60 Å². The first-order valence-electron chi connectivity index (χ1n) is 7.89. The molecule has 0 aliphatic rings. The second-order valence-electron chi connectivity index (χ2n) is 6.18. The van der Waals surface area contributed by atoms with E-state index in [4.69, 9.17) is 9.47 Å². The van der Waals surface area contributed by atoms with E-state index >= 15 is 0 Å². The highest BCUT2D eigenvalue weighted by molar-refractivity contribution is 5.27. The fourth-order valence-corrected chi connectivity index (χ4v) is 2.10. The summed E-state index contributed by atoms with van der Waals surface area (Å²) in [5, 5.41) is 0. The molecule has 0 saturated heterocycles. The van der Waals surface area contributed by atoms with E-state index in [1.807, 2.05) is 12.1 Å². The van der Waals surface area contributed by atoms with Crippen LogP contribution in [-0.4, -0.2) is 19.3 Å². The minimum Gasteiger partial charge on any atom is -0.490 e. The molecule has 0 aromatic heterocycles. The number of ether oxygens (including phenoxy) is 2. The maximum Gasteiger partial charge on any atom is 0.119 e. The maximum absolute atomic E-state index is 5.74. The number of hydrogen-bond donors (Lipinski definition) is 0. The van der Waals surface area contributed by atoms with Gasteiger partial charge >= 0.3 is 0 Å². The maximum atomic E-state index is 5.74. The molecule has 21 heavy (non-hydrogen) atoms. The molecule has 1 rings (SSSR count). The molecule has 0 amide bonds. The Hall–Kier alpha value is -1.28. The monoisotopic (exact) mass is 290 g/mol. The number of benzene rings is 1. The van der Waals surface area contributed by atoms with E-state index in [0.29, 0.717) is 6.61 Å². The lowest BCUT2D eigenvalue weighted by Gasteiger charge is -2.22. The second-order valence-corrected chi connectivity index (χ2v) is 6.18. The van der Waals surface area contributed by atoms with Crippen LogP contribution in [0.15, 0.2) is 35.9 Å². The van der Waals surface area contributed by atoms with Crippen LogP contribution in [0.3, 0.4) is 0 Å². The second kappa shape index (κ2) is 8.89. The molecule has 1 aromatic rings. The van der Waals surface area contributed by atoms with E-state index in [1.165, 1.54) is 11.1 Å². The highest BCUT2D eigenvalue weighted by Gasteiger charge is 2.14. The predicted molar refractivity (Wildman–Crippen MR) is 90.0 cm³/mol. The van der Waals surface area contributed by atoms with Crippen molar-refractivity contribution in [3.63, 3.8) is 0 Å². The molecular formula is C19H30O2. The topological polar surface area (TPSA) is 18.5 Å². The van der Waals surface area contributed by atoms with Gasteiger partial charge in [-0.05, 0) is 70.2 Å². The predicted octanol–water partition coefficient (Wildman–Crippen LogP) is 5.17. The summed E-state index contributed by atoms with van der Waals surface area (Å²) >= 11 is 0. The van der Waals surface area contributed by atoms with Gasteiger partial charge in [0.2, 0.25) is 0 Å². The van der Waals surface area contributed by atoms with E-state index in [1.54, 1.807) is 7.11 Å². The largest absolute Gasteiger partial charge is 0.490 e. The molecule has 0 fully saturated rings. The third-order valence-electron chi connectivity index (χ3n) is 3.92. The summed E-state index contributed by atoms with van der Waals surface area (Å²) in [6, 6.07) is 8.34. The molecular weight excluding hydrogens is 260 g/mol. The smallest absolute Gasteiger partial charge is 0.119 e. The van der Waals surface area contributed by atoms with Gasteiger partial charge in [-0.15, -0.1) is 0 Å². The van der Waals surface area contributed by atoms with Crippen LogP contribution >= 0.6 is 0 Å². The normalized spacial score (nSPS) is 12.5. The molecule has 2 heteroatoms. The molecule has 0 unspecified atom stereocenters. The minimum atomic E-state index is -0.0161. The number of allylic oxidation sites excluding steroid dienone is 1. The van der Waals surface area contributed by atoms with E-state index in [2.05, 4.69) is 45.9 Å². The van der Waals surface area contributed by atoms with E-state index in [0.717, 1.165) is 31.4 Å². The Morgan fingerprint density at radius 2 is 1.86 bits per heavy atom. The van der Waals surface area contributed by atoms with E-state index < -0.39 is 0 Å². The molecule has 0 atom stereocenters. The van der Waals surface area contributed by atoms with Crippen LogP contribution in [0, 0.1) is 0 Å². The van der Waals surface area contributed by atoms with Crippen molar-refractivity contribution in [1.82, 2.24) is 0 Å². The highest BCUT2D eigenvalue weighted by atomic mass is 16.5. The van der Waals surface area contributed by atoms with Crippen molar-refractivity contribution >= 4 is 0 Å². The van der Waals surface area contributed by atoms with Gasteiger partial charge < -0.3 is 9.47 Å². The molecule has 0 N–H and O–H groups in total. The summed E-state index contributed by atoms with van der Waals surface area (Å²) in [4.78, 5) is 0. The number of methoxy groups -OCH3 is 1. The van der Waals surface area contributed by atoms with Gasteiger partial charge in [0.25, 0.3) is 0 Å². The number of aryl methyl sites for hydroxylation is 1. The van der Waals surface area contributed by atoms with Crippen LogP contribution < -0.4 is 4.74 Å². The summed E-state index contributed by atoms with van der Waals surface area (Å²) in [7, 11) is 1.78. The molecule has 0 saturated carbocycles. The van der Waals surface area contributed by atoms with Gasteiger partial charge in [0.15, 0.2) is 0 Å². The van der Waals surface area contributed by atoms with Crippen molar-refractivity contribution in [2.75, 3.05) is 13.7 Å². The molecule has 1 aromatic carbocycles. The average Bonchev–Trinajstić information content (AvgIpc) is 2.48. The Morgan fingerprint density at radius 1 is 1.19 bits per heavy atom. The quantitative estimate of drug-likeness (QED) is 0.584. The number of hydrogen-bond acceptors (Lipinski definition) is 2. The summed E-state index contributed by atoms with van der Waals surface area (Å²) in [6.45, 7) is 9.24. The lowest BCUT2D eigenvalue weighted by molar-refractivity contribution is 0.0140. The van der Waals surface area contributed by atoms with Gasteiger partial charge in [0, 0.05) is 7.11 Å². The van der Waals surface area contributed by atoms with Crippen LogP contribution in [0.4, 0.5) is 0 Å². The molecule has 2 nitrogen and oxygen atoms in total. The standard InChI is InChI=1S/C19H30O2/c1-6-17-9-11-18(12-10-17)21-15-13-16(2)8-7-14-19(3,4)20-5/h9-13H,6-8,14-15H2,1-5H3. The van der Waals surface area contributed by atoms with Gasteiger partial charge in [0.05, 0.1) is 5.60 Å². The SMILES string of the molecule is CCc1ccc(OCC=C(C)CCCC(C)(C)OC)cc1. The van der Waals surface area contributed by atoms with Crippen LogP contribution in [0.25, 0.3) is 0 Å². The Labute approximate surface area is 130 Å². The lowest BCUT2D eigenvalue weighted by Crippen LogP contribution is -2.21. The van der Waals surface area contributed by atoms with Gasteiger partial charge in [-0.3, -0.25) is 0 Å². The first-order valence-corrected chi connectivity index (χ1v) is 7.89. The Kier molecular flexibility index (Phi) is 7.52. The van der Waals surface area contributed by atoms with Gasteiger partial charge in [-0.25, -0.2) is 0 Å². The Balaban J connectivity index is 2.28. The van der Waals surface area contributed by atoms with Gasteiger partial charge in [-0.1, -0.05) is 24.6 Å². The van der Waals surface area contributed by atoms with Crippen LogP contribution in [-0.2, 0) is 11.2 Å². The zero-order chi connectivity index (χ0) is 15.7. The first kappa shape index (κ1) is 17.8. The van der Waals surface area contributed by atoms with Crippen molar-refractivity contribution in [2.24, 2.45) is 0 Å². The summed E-state index contributed by atoms with van der Waals surface area (Å²) in [6.07, 6.45) is 6.57. The third kappa shape index (κ3) is 7.33. The van der Waals surface area contributed by atoms with Crippen LogP contribution in [0.5, 0.6) is 5.75 Å². The van der Waals surface area contributed by atoms with Crippen LogP contribution in [0.2, 0.25) is 0 Å². The molecule has 0 bridgehead atoms. The molecule has 0 spiro atoms. The zero-order valence-electron chi connectivity index (χ0n) is 14.2. The highest BCUT2D eigenvalue weighted by Crippen LogP contribution is 2.19. The molecule has 0 heterocycles. The van der Waals surface area contributed by atoms with Crippen molar-refractivity contribution < 1.29 is 9.47 Å². The summed E-state index contributed by atoms with van der Waals surface area (Å²) < 4.78 is 11.2. The Morgan fingerprint density at radius 3 is 2.43 bits per heavy atom. The minimum absolute atomic E-state index is 0.0161. The third-order valence-corrected chi connectivity index (χ3v) is 3.92. The summed E-state index contributed by atoms with van der Waals surface area (Å²) in [5.74, 6) is 0.941. The van der Waals surface area contributed by atoms with E-state index in [9.17, 15) is 0 Å². The summed E-state index contributed by atoms with van der Waals surface area (Å²) in [5.41, 5.74) is 2.71. The number of rotatable bonds is 9. The first-order chi connectivity index (χ1) is 9.96. The molecule has 118 valence electrons. The Bertz CT molecular complexity index is 429. The van der Waals surface area contributed by atoms with Gasteiger partial charge in [0.1, 0.15) is 12.4 Å². The molecule has 0 aliphatic carbocycles. The van der Waals surface area contributed by atoms with Crippen LogP contribution in [0.1, 0.15) is 52.5 Å². The fraction of sp³-hybridized carbons (Fsp3) is 0.579. The van der Waals surface area contributed by atoms with Gasteiger partial charge in [-0.2, -0.15) is 0 Å². The van der Waals surface area contributed by atoms with Crippen molar-refractivity contribution in [2.45, 2.75) is 59.0 Å².